The first-order chi connectivity index (χ1) is 8.53. The maximum Gasteiger partial charge on any atom is 0.261 e. The summed E-state index contributed by atoms with van der Waals surface area (Å²) >= 11 is 4.86. The van der Waals surface area contributed by atoms with Crippen molar-refractivity contribution in [2.75, 3.05) is 20.6 Å². The third kappa shape index (κ3) is 2.95. The van der Waals surface area contributed by atoms with Crippen molar-refractivity contribution >= 4 is 33.2 Å². The molecule has 18 heavy (non-hydrogen) atoms. The molecule has 1 aromatic heterocycles. The molecule has 3 nitrogen and oxygen atoms in total. The topological polar surface area (TPSA) is 32.3 Å². The number of hydrogen-bond donors (Lipinski definition) is 1. The number of carbonyl (C=O) groups is 1. The molecular weight excluding hydrogens is 312 g/mol. The molecular formula is C13H19BrN2OS. The maximum atomic E-state index is 12.0. The first kappa shape index (κ1) is 14.0. The predicted octanol–water partition coefficient (Wildman–Crippen LogP) is 3.11. The highest BCUT2D eigenvalue weighted by atomic mass is 79.9. The number of nitrogens with zero attached hydrogens (tertiary/aromatic N) is 1. The second kappa shape index (κ2) is 5.72. The monoisotopic (exact) mass is 330 g/mol. The minimum atomic E-state index is 0.0406. The van der Waals surface area contributed by atoms with Crippen molar-refractivity contribution in [2.45, 2.75) is 31.2 Å². The summed E-state index contributed by atoms with van der Waals surface area (Å²) in [6.45, 7) is 0.744. The Hall–Kier alpha value is -0.390. The van der Waals surface area contributed by atoms with Gasteiger partial charge in [0.2, 0.25) is 0 Å². The van der Waals surface area contributed by atoms with Gasteiger partial charge in [-0.3, -0.25) is 4.79 Å². The van der Waals surface area contributed by atoms with E-state index in [1.807, 2.05) is 12.1 Å². The molecule has 1 aliphatic carbocycles. The van der Waals surface area contributed by atoms with Gasteiger partial charge < -0.3 is 10.2 Å². The summed E-state index contributed by atoms with van der Waals surface area (Å²) in [6, 6.07) is 3.78. The van der Waals surface area contributed by atoms with Crippen molar-refractivity contribution in [1.82, 2.24) is 10.2 Å². The molecule has 0 unspecified atom stereocenters. The minimum Gasteiger partial charge on any atom is -0.349 e. The summed E-state index contributed by atoms with van der Waals surface area (Å²) in [5.74, 6) is 0.0406. The number of likely N-dealkylation sites (N-methyl/N-ethyl adjacent to an activating group) is 1. The van der Waals surface area contributed by atoms with E-state index in [-0.39, 0.29) is 11.4 Å². The van der Waals surface area contributed by atoms with Crippen molar-refractivity contribution in [2.24, 2.45) is 0 Å². The van der Waals surface area contributed by atoms with Crippen LogP contribution in [0.4, 0.5) is 0 Å². The van der Waals surface area contributed by atoms with Gasteiger partial charge in [0.05, 0.1) is 8.66 Å². The summed E-state index contributed by atoms with van der Waals surface area (Å²) in [7, 11) is 4.22. The van der Waals surface area contributed by atoms with Gasteiger partial charge in [-0.1, -0.05) is 12.8 Å². The fraction of sp³-hybridized carbons (Fsp3) is 0.615. The standard InChI is InChI=1S/C13H19BrN2OS/c1-16(2)13(7-3-4-8-13)9-15-12(17)10-5-6-11(14)18-10/h5-6H,3-4,7-9H2,1-2H3,(H,15,17). The molecule has 0 aromatic carbocycles. The van der Waals surface area contributed by atoms with Crippen LogP contribution < -0.4 is 5.32 Å². The number of hydrogen-bond acceptors (Lipinski definition) is 3. The molecule has 2 rings (SSSR count). The lowest BCUT2D eigenvalue weighted by molar-refractivity contribution is 0.0904. The Kier molecular flexibility index (Phi) is 4.45. The van der Waals surface area contributed by atoms with Crippen LogP contribution in [0.1, 0.15) is 35.4 Å². The Labute approximate surface area is 121 Å². The molecule has 0 saturated heterocycles. The van der Waals surface area contributed by atoms with Crippen LogP contribution in [0, 0.1) is 0 Å². The number of thiophene rings is 1. The highest BCUT2D eigenvalue weighted by molar-refractivity contribution is 9.11. The lowest BCUT2D eigenvalue weighted by atomic mass is 9.96. The van der Waals surface area contributed by atoms with Crippen LogP contribution in [-0.2, 0) is 0 Å². The Morgan fingerprint density at radius 2 is 2.11 bits per heavy atom. The van der Waals surface area contributed by atoms with E-state index in [0.717, 1.165) is 15.2 Å². The van der Waals surface area contributed by atoms with Crippen LogP contribution in [0.25, 0.3) is 0 Å². The van der Waals surface area contributed by atoms with E-state index in [4.69, 9.17) is 0 Å². The molecule has 1 heterocycles. The zero-order valence-electron chi connectivity index (χ0n) is 10.8. The predicted molar refractivity (Wildman–Crippen MR) is 79.2 cm³/mol. The Morgan fingerprint density at radius 1 is 1.44 bits per heavy atom. The van der Waals surface area contributed by atoms with E-state index >= 15 is 0 Å². The average Bonchev–Trinajstić information content (AvgIpc) is 2.95. The molecule has 5 heteroatoms. The quantitative estimate of drug-likeness (QED) is 0.919. The highest BCUT2D eigenvalue weighted by Gasteiger charge is 2.36. The molecule has 1 N–H and O–H groups in total. The minimum absolute atomic E-state index is 0.0406. The highest BCUT2D eigenvalue weighted by Crippen LogP contribution is 2.33. The molecule has 0 radical (unpaired) electrons. The van der Waals surface area contributed by atoms with Crippen LogP contribution in [0.2, 0.25) is 0 Å². The first-order valence-electron chi connectivity index (χ1n) is 6.24. The van der Waals surface area contributed by atoms with E-state index in [2.05, 4.69) is 40.2 Å². The van der Waals surface area contributed by atoms with Gasteiger partial charge in [0.15, 0.2) is 0 Å². The summed E-state index contributed by atoms with van der Waals surface area (Å²) < 4.78 is 0.996. The fourth-order valence-electron chi connectivity index (χ4n) is 2.58. The number of carbonyl (C=O) groups excluding carboxylic acids is 1. The molecule has 1 aromatic rings. The van der Waals surface area contributed by atoms with Crippen molar-refractivity contribution in [3.63, 3.8) is 0 Å². The van der Waals surface area contributed by atoms with Crippen molar-refractivity contribution in [1.29, 1.82) is 0 Å². The molecule has 0 aliphatic heterocycles. The molecule has 0 spiro atoms. The van der Waals surface area contributed by atoms with Gasteiger partial charge in [0.1, 0.15) is 0 Å². The van der Waals surface area contributed by atoms with Crippen LogP contribution in [-0.4, -0.2) is 37.0 Å². The van der Waals surface area contributed by atoms with Gasteiger partial charge in [0, 0.05) is 12.1 Å². The van der Waals surface area contributed by atoms with Gasteiger partial charge in [-0.05, 0) is 55.0 Å². The van der Waals surface area contributed by atoms with Crippen LogP contribution in [0.15, 0.2) is 15.9 Å². The average molecular weight is 331 g/mol. The van der Waals surface area contributed by atoms with Crippen molar-refractivity contribution < 1.29 is 4.79 Å². The Balaban J connectivity index is 1.96. The first-order valence-corrected chi connectivity index (χ1v) is 7.85. The van der Waals surface area contributed by atoms with Gasteiger partial charge in [-0.15, -0.1) is 11.3 Å². The van der Waals surface area contributed by atoms with Crippen LogP contribution in [0.5, 0.6) is 0 Å². The van der Waals surface area contributed by atoms with Gasteiger partial charge >= 0.3 is 0 Å². The van der Waals surface area contributed by atoms with Crippen molar-refractivity contribution in [3.05, 3.63) is 20.8 Å². The SMILES string of the molecule is CN(C)C1(CNC(=O)c2ccc(Br)s2)CCCC1. The number of amides is 1. The van der Waals surface area contributed by atoms with E-state index in [9.17, 15) is 4.79 Å². The summed E-state index contributed by atoms with van der Waals surface area (Å²) in [5.41, 5.74) is 0.157. The van der Waals surface area contributed by atoms with Gasteiger partial charge in [0.25, 0.3) is 5.91 Å². The lowest BCUT2D eigenvalue weighted by Gasteiger charge is -2.36. The fourth-order valence-corrected chi connectivity index (χ4v) is 3.89. The van der Waals surface area contributed by atoms with Gasteiger partial charge in [-0.25, -0.2) is 0 Å². The van der Waals surface area contributed by atoms with E-state index in [1.54, 1.807) is 0 Å². The smallest absolute Gasteiger partial charge is 0.261 e. The summed E-state index contributed by atoms with van der Waals surface area (Å²) in [4.78, 5) is 15.1. The summed E-state index contributed by atoms with van der Waals surface area (Å²) in [5, 5.41) is 3.09. The molecule has 1 fully saturated rings. The zero-order valence-corrected chi connectivity index (χ0v) is 13.2. The lowest BCUT2D eigenvalue weighted by Crippen LogP contribution is -2.50. The Morgan fingerprint density at radius 3 is 2.61 bits per heavy atom. The third-order valence-corrected chi connectivity index (χ3v) is 5.48. The third-order valence-electron chi connectivity index (χ3n) is 3.86. The normalized spacial score (nSPS) is 18.2. The largest absolute Gasteiger partial charge is 0.349 e. The molecule has 0 atom stereocenters. The number of nitrogens with one attached hydrogen (secondary N) is 1. The molecule has 1 amide bonds. The molecule has 0 bridgehead atoms. The van der Waals surface area contributed by atoms with Crippen LogP contribution in [0.3, 0.4) is 0 Å². The van der Waals surface area contributed by atoms with E-state index < -0.39 is 0 Å². The zero-order chi connectivity index (χ0) is 13.2. The maximum absolute atomic E-state index is 12.0. The second-order valence-corrected chi connectivity index (χ2v) is 7.58. The van der Waals surface area contributed by atoms with Gasteiger partial charge in [-0.2, -0.15) is 0 Å². The number of halogens is 1. The van der Waals surface area contributed by atoms with Crippen molar-refractivity contribution in [3.8, 4) is 0 Å². The van der Waals surface area contributed by atoms with Crippen LogP contribution >= 0.6 is 27.3 Å². The molecule has 1 aliphatic rings. The molecule has 100 valence electrons. The van der Waals surface area contributed by atoms with E-state index in [1.165, 1.54) is 37.0 Å². The molecule has 1 saturated carbocycles. The second-order valence-electron chi connectivity index (χ2n) is 5.11. The number of rotatable bonds is 4. The van der Waals surface area contributed by atoms with E-state index in [0.29, 0.717) is 0 Å². The Bertz CT molecular complexity index is 424. The summed E-state index contributed by atoms with van der Waals surface area (Å²) in [6.07, 6.45) is 4.88.